The first-order valence-corrected chi connectivity index (χ1v) is 7.23. The summed E-state index contributed by atoms with van der Waals surface area (Å²) in [6.45, 7) is 0.409. The average Bonchev–Trinajstić information content (AvgIpc) is 2.71. The maximum Gasteiger partial charge on any atom is 0.302 e. The highest BCUT2D eigenvalue weighted by Crippen LogP contribution is 2.29. The van der Waals surface area contributed by atoms with E-state index in [0.29, 0.717) is 6.54 Å². The lowest BCUT2D eigenvalue weighted by atomic mass is 10.1. The van der Waals surface area contributed by atoms with Crippen molar-refractivity contribution in [3.8, 4) is 0 Å². The predicted octanol–water partition coefficient (Wildman–Crippen LogP) is 1.08. The predicted molar refractivity (Wildman–Crippen MR) is 57.0 cm³/mol. The molecule has 0 aromatic carbocycles. The summed E-state index contributed by atoms with van der Waals surface area (Å²) in [6, 6.07) is 0.264. The molecule has 1 aliphatic heterocycles. The van der Waals surface area contributed by atoms with Gasteiger partial charge in [0.25, 0.3) is 0 Å². The molecule has 1 saturated heterocycles. The largest absolute Gasteiger partial charge is 0.339 e. The fourth-order valence-electron chi connectivity index (χ4n) is 2.77. The van der Waals surface area contributed by atoms with Crippen LogP contribution < -0.4 is 0 Å². The monoisotopic (exact) mass is 249 g/mol. The van der Waals surface area contributed by atoms with Crippen molar-refractivity contribution < 1.29 is 17.1 Å². The zero-order valence-corrected chi connectivity index (χ0v) is 9.88. The number of rotatable bonds is 3. The van der Waals surface area contributed by atoms with Gasteiger partial charge in [-0.25, -0.2) is 0 Å². The van der Waals surface area contributed by atoms with Crippen molar-refractivity contribution in [2.24, 2.45) is 5.92 Å². The number of amides is 1. The highest BCUT2D eigenvalue weighted by Gasteiger charge is 2.37. The fraction of sp³-hybridized carbons (Fsp3) is 0.900. The van der Waals surface area contributed by atoms with E-state index in [2.05, 4.69) is 0 Å². The van der Waals surface area contributed by atoms with E-state index in [-0.39, 0.29) is 24.3 Å². The van der Waals surface area contributed by atoms with Gasteiger partial charge in [0.15, 0.2) is 0 Å². The van der Waals surface area contributed by atoms with Crippen LogP contribution in [0.1, 0.15) is 32.1 Å². The molecule has 0 radical (unpaired) electrons. The van der Waals surface area contributed by atoms with Gasteiger partial charge in [-0.05, 0) is 12.8 Å². The molecule has 1 unspecified atom stereocenters. The van der Waals surface area contributed by atoms with E-state index in [0.717, 1.165) is 25.7 Å². The Morgan fingerprint density at radius 1 is 1.31 bits per heavy atom. The van der Waals surface area contributed by atoms with E-state index in [1.165, 1.54) is 0 Å². The quantitative estimate of drug-likeness (QED) is 0.703. The molecule has 1 atom stereocenters. The van der Waals surface area contributed by atoms with Crippen LogP contribution in [0.2, 0.25) is 0 Å². The van der Waals surface area contributed by atoms with Gasteiger partial charge in [0.05, 0.1) is 5.75 Å². The van der Waals surface area contributed by atoms with Crippen LogP contribution in [-0.4, -0.2) is 37.6 Å². The first kappa shape index (κ1) is 11.8. The summed E-state index contributed by atoms with van der Waals surface area (Å²) in [5.74, 6) is -0.884. The van der Waals surface area contributed by atoms with Gasteiger partial charge in [0.1, 0.15) is 0 Å². The minimum Gasteiger partial charge on any atom is -0.339 e. The summed E-state index contributed by atoms with van der Waals surface area (Å²) in [5.41, 5.74) is 0. The van der Waals surface area contributed by atoms with Crippen LogP contribution in [0.3, 0.4) is 0 Å². The Labute approximate surface area is 95.0 Å². The normalized spacial score (nSPS) is 27.9. The van der Waals surface area contributed by atoms with Gasteiger partial charge in [-0.15, -0.1) is 3.89 Å². The Morgan fingerprint density at radius 3 is 2.50 bits per heavy atom. The van der Waals surface area contributed by atoms with Gasteiger partial charge in [0.2, 0.25) is 5.91 Å². The summed E-state index contributed by atoms with van der Waals surface area (Å²) in [6.07, 6.45) is 4.43. The van der Waals surface area contributed by atoms with Gasteiger partial charge >= 0.3 is 10.2 Å². The molecule has 0 bridgehead atoms. The molecule has 92 valence electrons. The molecule has 6 heteroatoms. The molecule has 0 N–H and O–H groups in total. The Bertz CT molecular complexity index is 376. The molecule has 4 nitrogen and oxygen atoms in total. The molecule has 2 rings (SSSR count). The lowest BCUT2D eigenvalue weighted by Crippen LogP contribution is -2.34. The molecule has 0 spiro atoms. The lowest BCUT2D eigenvalue weighted by Gasteiger charge is -2.23. The van der Waals surface area contributed by atoms with E-state index in [1.807, 2.05) is 0 Å². The first-order valence-electron chi connectivity index (χ1n) is 5.67. The average molecular weight is 249 g/mol. The number of carbonyl (C=O) groups is 1. The highest BCUT2D eigenvalue weighted by atomic mass is 32.3. The molecule has 1 aliphatic carbocycles. The number of likely N-dealkylation sites (tertiary alicyclic amines) is 1. The number of hydrogen-bond donors (Lipinski definition) is 0. The Morgan fingerprint density at radius 2 is 1.94 bits per heavy atom. The number of halogens is 1. The maximum atomic E-state index is 12.5. The van der Waals surface area contributed by atoms with Crippen molar-refractivity contribution in [2.75, 3.05) is 12.3 Å². The second kappa shape index (κ2) is 4.31. The first-order chi connectivity index (χ1) is 7.46. The Kier molecular flexibility index (Phi) is 3.19. The molecule has 16 heavy (non-hydrogen) atoms. The zero-order chi connectivity index (χ0) is 11.8. The highest BCUT2D eigenvalue weighted by molar-refractivity contribution is 7.86. The van der Waals surface area contributed by atoms with Gasteiger partial charge in [-0.1, -0.05) is 12.8 Å². The molecule has 2 aliphatic rings. The summed E-state index contributed by atoms with van der Waals surface area (Å²) < 4.78 is 33.6. The van der Waals surface area contributed by atoms with Crippen LogP contribution in [0.25, 0.3) is 0 Å². The summed E-state index contributed by atoms with van der Waals surface area (Å²) in [5, 5.41) is 0. The van der Waals surface area contributed by atoms with Crippen molar-refractivity contribution in [3.63, 3.8) is 0 Å². The Balaban J connectivity index is 1.96. The van der Waals surface area contributed by atoms with Crippen LogP contribution in [0.15, 0.2) is 0 Å². The molecular formula is C10H16FNO3S. The minimum atomic E-state index is -4.46. The van der Waals surface area contributed by atoms with E-state index < -0.39 is 16.0 Å². The number of carbonyl (C=O) groups excluding carboxylic acids is 1. The second-order valence-corrected chi connectivity index (χ2v) is 6.17. The van der Waals surface area contributed by atoms with Crippen LogP contribution in [0, 0.1) is 5.92 Å². The molecule has 0 aromatic heterocycles. The summed E-state index contributed by atoms with van der Waals surface area (Å²) >= 11 is 0. The van der Waals surface area contributed by atoms with Crippen LogP contribution in [0.4, 0.5) is 3.89 Å². The van der Waals surface area contributed by atoms with Gasteiger partial charge < -0.3 is 4.90 Å². The summed E-state index contributed by atoms with van der Waals surface area (Å²) in [7, 11) is -4.46. The minimum absolute atomic E-state index is 0.0134. The number of hydrogen-bond acceptors (Lipinski definition) is 3. The van der Waals surface area contributed by atoms with Crippen LogP contribution in [0.5, 0.6) is 0 Å². The Hall–Kier alpha value is -0.650. The van der Waals surface area contributed by atoms with Gasteiger partial charge in [0, 0.05) is 24.9 Å². The van der Waals surface area contributed by atoms with Crippen molar-refractivity contribution in [2.45, 2.75) is 38.1 Å². The topological polar surface area (TPSA) is 54.5 Å². The van der Waals surface area contributed by atoms with Crippen LogP contribution in [-0.2, 0) is 15.0 Å². The molecule has 1 heterocycles. The lowest BCUT2D eigenvalue weighted by molar-refractivity contribution is -0.129. The van der Waals surface area contributed by atoms with E-state index in [9.17, 15) is 17.1 Å². The molecule has 2 fully saturated rings. The van der Waals surface area contributed by atoms with Gasteiger partial charge in [-0.3, -0.25) is 4.79 Å². The second-order valence-electron chi connectivity index (χ2n) is 4.76. The van der Waals surface area contributed by atoms with Crippen molar-refractivity contribution in [1.82, 2.24) is 4.90 Å². The smallest absolute Gasteiger partial charge is 0.302 e. The third-order valence-corrected chi connectivity index (χ3v) is 4.31. The molecular weight excluding hydrogens is 233 g/mol. The zero-order valence-electron chi connectivity index (χ0n) is 9.06. The summed E-state index contributed by atoms with van der Waals surface area (Å²) in [4.78, 5) is 13.4. The van der Waals surface area contributed by atoms with Crippen molar-refractivity contribution in [3.05, 3.63) is 0 Å². The molecule has 1 amide bonds. The third-order valence-electron chi connectivity index (χ3n) is 3.44. The van der Waals surface area contributed by atoms with E-state index in [4.69, 9.17) is 0 Å². The SMILES string of the molecule is O=C1CC(CS(=O)(=O)F)CN1C1CCCC1. The third kappa shape index (κ3) is 2.72. The maximum absolute atomic E-state index is 12.5. The van der Waals surface area contributed by atoms with E-state index >= 15 is 0 Å². The molecule has 1 saturated carbocycles. The standard InChI is InChI=1S/C10H16FNO3S/c11-16(14,15)7-8-5-10(13)12(6-8)9-3-1-2-4-9/h8-9H,1-7H2. The number of nitrogens with zero attached hydrogens (tertiary/aromatic N) is 1. The van der Waals surface area contributed by atoms with Crippen molar-refractivity contribution >= 4 is 16.1 Å². The fourth-order valence-corrected chi connectivity index (χ4v) is 3.56. The van der Waals surface area contributed by atoms with Crippen molar-refractivity contribution in [1.29, 1.82) is 0 Å². The van der Waals surface area contributed by atoms with Crippen LogP contribution >= 0.6 is 0 Å². The van der Waals surface area contributed by atoms with E-state index in [1.54, 1.807) is 4.90 Å². The molecule has 0 aromatic rings. The van der Waals surface area contributed by atoms with Gasteiger partial charge in [-0.2, -0.15) is 8.42 Å².